The first-order valence-corrected chi connectivity index (χ1v) is 8.85. The smallest absolute Gasteiger partial charge is 0.370 e. The number of rotatable bonds is 2. The minimum absolute atomic E-state index is 0.193. The highest BCUT2D eigenvalue weighted by atomic mass is 35.5. The van der Waals surface area contributed by atoms with Gasteiger partial charge in [-0.3, -0.25) is 0 Å². The van der Waals surface area contributed by atoms with Gasteiger partial charge in [0, 0.05) is 11.2 Å². The van der Waals surface area contributed by atoms with E-state index >= 15 is 0 Å². The fourth-order valence-electron chi connectivity index (χ4n) is 2.25. The van der Waals surface area contributed by atoms with Gasteiger partial charge in [-0.2, -0.15) is 4.99 Å². The van der Waals surface area contributed by atoms with Crippen molar-refractivity contribution in [1.82, 2.24) is 14.9 Å². The summed E-state index contributed by atoms with van der Waals surface area (Å²) in [6, 6.07) is 7.05. The average molecular weight is 366 g/mol. The number of benzene rings is 1. The van der Waals surface area contributed by atoms with Gasteiger partial charge in [0.25, 0.3) is 0 Å². The van der Waals surface area contributed by atoms with Gasteiger partial charge >= 0.3 is 7.60 Å². The number of hydrogen-bond acceptors (Lipinski definition) is 5. The summed E-state index contributed by atoms with van der Waals surface area (Å²) in [4.78, 5) is 26.3. The van der Waals surface area contributed by atoms with Gasteiger partial charge in [0.15, 0.2) is 17.3 Å². The van der Waals surface area contributed by atoms with E-state index in [1.54, 1.807) is 23.0 Å². The van der Waals surface area contributed by atoms with Gasteiger partial charge in [-0.05, 0) is 11.6 Å². The highest BCUT2D eigenvalue weighted by molar-refractivity contribution is 7.57. The van der Waals surface area contributed by atoms with Crippen molar-refractivity contribution in [3.8, 4) is 11.6 Å². The molecule has 0 saturated carbocycles. The molecule has 0 aliphatic carbocycles. The summed E-state index contributed by atoms with van der Waals surface area (Å²) in [5, 5.41) is 2.77. The summed E-state index contributed by atoms with van der Waals surface area (Å²) in [7, 11) is -4.40. The van der Waals surface area contributed by atoms with Gasteiger partial charge in [0.1, 0.15) is 5.69 Å². The third-order valence-electron chi connectivity index (χ3n) is 3.27. The van der Waals surface area contributed by atoms with Crippen molar-refractivity contribution in [2.24, 2.45) is 10.7 Å². The summed E-state index contributed by atoms with van der Waals surface area (Å²) in [5.41, 5.74) is 8.90. The second kappa shape index (κ2) is 6.30. The van der Waals surface area contributed by atoms with E-state index in [1.165, 1.54) is 0 Å². The zero-order valence-electron chi connectivity index (χ0n) is 12.2. The van der Waals surface area contributed by atoms with Crippen LogP contribution < -0.4 is 11.1 Å². The maximum absolute atomic E-state index is 10.9. The molecule has 0 bridgehead atoms. The molecule has 3 rings (SSSR count). The van der Waals surface area contributed by atoms with Crippen LogP contribution >= 0.6 is 19.2 Å². The van der Waals surface area contributed by atoms with Crippen LogP contribution in [0.4, 0.5) is 5.82 Å². The minimum atomic E-state index is -4.40. The molecule has 0 spiro atoms. The largest absolute Gasteiger partial charge is 0.400 e. The van der Waals surface area contributed by atoms with E-state index < -0.39 is 13.1 Å². The number of nitrogens with one attached hydrogen (secondary N) is 1. The Morgan fingerprint density at radius 2 is 2.17 bits per heavy atom. The lowest BCUT2D eigenvalue weighted by Gasteiger charge is -2.17. The molecule has 24 heavy (non-hydrogen) atoms. The fraction of sp³-hybridized carbons (Fsp3) is 0.143. The molecule has 1 atom stereocenters. The zero-order chi connectivity index (χ0) is 17.3. The van der Waals surface area contributed by atoms with E-state index in [-0.39, 0.29) is 5.96 Å². The molecule has 0 saturated heterocycles. The number of guanidine groups is 1. The predicted octanol–water partition coefficient (Wildman–Crippen LogP) is 1.20. The summed E-state index contributed by atoms with van der Waals surface area (Å²) >= 11 is 6.13. The molecule has 1 aromatic carbocycles. The van der Waals surface area contributed by atoms with Crippen LogP contribution in [0.2, 0.25) is 0 Å². The van der Waals surface area contributed by atoms with Crippen LogP contribution in [0.25, 0.3) is 0 Å². The molecular weight excluding hydrogens is 353 g/mol. The van der Waals surface area contributed by atoms with Gasteiger partial charge < -0.3 is 25.4 Å². The van der Waals surface area contributed by atoms with Gasteiger partial charge in [-0.1, -0.05) is 35.7 Å². The molecule has 10 heteroatoms. The number of halogens is 1. The number of fused-ring (bicyclic) bond motifs is 1. The fourth-order valence-corrected chi connectivity index (χ4v) is 2.78. The first-order chi connectivity index (χ1) is 11.3. The van der Waals surface area contributed by atoms with Crippen LogP contribution in [0, 0.1) is 11.6 Å². The molecule has 5 N–H and O–H groups in total. The quantitative estimate of drug-likeness (QED) is 0.274. The van der Waals surface area contributed by atoms with E-state index in [0.717, 1.165) is 5.56 Å². The van der Waals surface area contributed by atoms with E-state index in [2.05, 4.69) is 21.2 Å². The zero-order valence-corrected chi connectivity index (χ0v) is 13.9. The van der Waals surface area contributed by atoms with E-state index in [0.29, 0.717) is 23.6 Å². The molecule has 1 aliphatic heterocycles. The van der Waals surface area contributed by atoms with Crippen molar-refractivity contribution in [3.63, 3.8) is 0 Å². The monoisotopic (exact) mass is 365 g/mol. The molecular formula is C14H13ClN5O3P. The molecule has 1 unspecified atom stereocenters. The number of hydrogen-bond donors (Lipinski definition) is 4. The first-order valence-electron chi connectivity index (χ1n) is 6.80. The SMILES string of the molecule is NC1=Nc2c(ncn2Cc2ccccc2C#CP(=O)(O)O)C(Cl)N1. The minimum Gasteiger partial charge on any atom is -0.370 e. The Morgan fingerprint density at radius 3 is 2.92 bits per heavy atom. The van der Waals surface area contributed by atoms with E-state index in [9.17, 15) is 4.57 Å². The Kier molecular flexibility index (Phi) is 4.35. The first kappa shape index (κ1) is 16.6. The molecule has 2 heterocycles. The van der Waals surface area contributed by atoms with Crippen LogP contribution in [0.5, 0.6) is 0 Å². The van der Waals surface area contributed by atoms with Crippen LogP contribution in [-0.2, 0) is 11.1 Å². The Morgan fingerprint density at radius 1 is 1.42 bits per heavy atom. The number of aliphatic imine (C=N–C) groups is 1. The third-order valence-corrected chi connectivity index (χ3v) is 3.99. The maximum Gasteiger partial charge on any atom is 0.400 e. The molecule has 1 aromatic heterocycles. The molecule has 124 valence electrons. The Labute approximate surface area is 142 Å². The van der Waals surface area contributed by atoms with Crippen molar-refractivity contribution >= 4 is 31.0 Å². The van der Waals surface area contributed by atoms with Crippen molar-refractivity contribution in [2.75, 3.05) is 0 Å². The third kappa shape index (κ3) is 3.61. The highest BCUT2D eigenvalue weighted by Crippen LogP contribution is 2.33. The van der Waals surface area contributed by atoms with Crippen LogP contribution in [-0.4, -0.2) is 25.3 Å². The second-order valence-electron chi connectivity index (χ2n) is 5.02. The number of imidazole rings is 1. The van der Waals surface area contributed by atoms with Gasteiger partial charge in [-0.25, -0.2) is 9.55 Å². The van der Waals surface area contributed by atoms with Crippen molar-refractivity contribution < 1.29 is 14.4 Å². The summed E-state index contributed by atoms with van der Waals surface area (Å²) < 4.78 is 12.7. The average Bonchev–Trinajstić information content (AvgIpc) is 2.89. The molecule has 0 radical (unpaired) electrons. The van der Waals surface area contributed by atoms with Crippen molar-refractivity contribution in [2.45, 2.75) is 12.0 Å². The van der Waals surface area contributed by atoms with Crippen LogP contribution in [0.15, 0.2) is 35.6 Å². The lowest BCUT2D eigenvalue weighted by atomic mass is 10.1. The molecule has 0 amide bonds. The Bertz CT molecular complexity index is 924. The Hall–Kier alpha value is -2.30. The number of nitrogens with zero attached hydrogens (tertiary/aromatic N) is 3. The Balaban J connectivity index is 1.97. The lowest BCUT2D eigenvalue weighted by Crippen LogP contribution is -2.35. The van der Waals surface area contributed by atoms with Gasteiger partial charge in [-0.15, -0.1) is 0 Å². The summed E-state index contributed by atoms with van der Waals surface area (Å²) in [6.45, 7) is 0.356. The second-order valence-corrected chi connectivity index (χ2v) is 6.77. The highest BCUT2D eigenvalue weighted by Gasteiger charge is 2.23. The summed E-state index contributed by atoms with van der Waals surface area (Å²) in [6.07, 6.45) is 1.58. The van der Waals surface area contributed by atoms with Crippen LogP contribution in [0.3, 0.4) is 0 Å². The number of aromatic nitrogens is 2. The molecule has 2 aromatic rings. The molecule has 1 aliphatic rings. The topological polar surface area (TPSA) is 126 Å². The standard InChI is InChI=1S/C14H13ClN5O3P/c15-12-11-13(19-14(16)18-12)20(8-17-11)7-10-4-2-1-3-9(10)5-6-24(21,22)23/h1-4,8,12H,7H2,(H3,16,18,19)(H2,21,22,23). The maximum atomic E-state index is 10.9. The normalized spacial score (nSPS) is 16.5. The van der Waals surface area contributed by atoms with E-state index in [4.69, 9.17) is 27.1 Å². The van der Waals surface area contributed by atoms with Crippen molar-refractivity contribution in [1.29, 1.82) is 0 Å². The number of alkyl halides is 1. The van der Waals surface area contributed by atoms with Gasteiger partial charge in [0.2, 0.25) is 0 Å². The van der Waals surface area contributed by atoms with Crippen LogP contribution in [0.1, 0.15) is 22.3 Å². The predicted molar refractivity (Wildman–Crippen MR) is 89.7 cm³/mol. The molecule has 8 nitrogen and oxygen atoms in total. The van der Waals surface area contributed by atoms with Gasteiger partial charge in [0.05, 0.1) is 12.9 Å². The summed E-state index contributed by atoms with van der Waals surface area (Å²) in [5.74, 6) is 3.24. The number of nitrogens with two attached hydrogens (primary N) is 1. The molecule has 0 fully saturated rings. The van der Waals surface area contributed by atoms with Crippen molar-refractivity contribution in [3.05, 3.63) is 47.4 Å². The van der Waals surface area contributed by atoms with E-state index in [1.807, 2.05) is 17.8 Å². The lowest BCUT2D eigenvalue weighted by molar-refractivity contribution is 0.388.